The van der Waals surface area contributed by atoms with E-state index in [1.165, 1.54) is 11.5 Å². The molecule has 0 aromatic heterocycles. The second-order valence-corrected chi connectivity index (χ2v) is 7.47. The van der Waals surface area contributed by atoms with Crippen LogP contribution in [-0.4, -0.2) is 15.6 Å². The molecule has 3 heteroatoms. The Kier molecular flexibility index (Phi) is 3.59. The minimum atomic E-state index is 0.272. The topological polar surface area (TPSA) is 23.8 Å². The molecule has 74 valence electrons. The van der Waals surface area contributed by atoms with Gasteiger partial charge in [0.2, 0.25) is 0 Å². The lowest BCUT2D eigenvalue weighted by molar-refractivity contribution is 0.318. The van der Waals surface area contributed by atoms with Crippen LogP contribution in [-0.2, 0) is 0 Å². The molecule has 1 saturated heterocycles. The first-order valence-electron chi connectivity index (χ1n) is 4.67. The minimum Gasteiger partial charge on any atom is -0.198 e. The Morgan fingerprint density at radius 2 is 1.92 bits per heavy atom. The highest BCUT2D eigenvalue weighted by molar-refractivity contribution is 8.21. The van der Waals surface area contributed by atoms with Gasteiger partial charge in [0.25, 0.3) is 0 Å². The van der Waals surface area contributed by atoms with Crippen molar-refractivity contribution in [3.8, 4) is 6.07 Å². The van der Waals surface area contributed by atoms with Crippen LogP contribution in [0.3, 0.4) is 0 Å². The molecular formula is C10H17NS2. The summed E-state index contributed by atoms with van der Waals surface area (Å²) in [6, 6.07) is 2.25. The zero-order valence-corrected chi connectivity index (χ0v) is 10.2. The largest absolute Gasteiger partial charge is 0.198 e. The average Bonchev–Trinajstić information content (AvgIpc) is 2.50. The zero-order chi connectivity index (χ0) is 9.95. The lowest BCUT2D eigenvalue weighted by atomic mass is 9.84. The Balaban J connectivity index is 2.61. The fraction of sp³-hybridized carbons (Fsp3) is 0.900. The number of hydrogen-bond acceptors (Lipinski definition) is 3. The van der Waals surface area contributed by atoms with E-state index in [1.54, 1.807) is 0 Å². The molecule has 0 amide bonds. The van der Waals surface area contributed by atoms with Crippen molar-refractivity contribution in [1.82, 2.24) is 0 Å². The lowest BCUT2D eigenvalue weighted by Crippen LogP contribution is -2.33. The van der Waals surface area contributed by atoms with Gasteiger partial charge in [-0.3, -0.25) is 0 Å². The molecule has 0 spiro atoms. The molecule has 0 atom stereocenters. The van der Waals surface area contributed by atoms with Crippen molar-refractivity contribution in [3.63, 3.8) is 0 Å². The molecule has 0 unspecified atom stereocenters. The van der Waals surface area contributed by atoms with E-state index < -0.39 is 0 Å². The summed E-state index contributed by atoms with van der Waals surface area (Å²) in [6.45, 7) is 6.90. The molecule has 0 bridgehead atoms. The van der Waals surface area contributed by atoms with Crippen molar-refractivity contribution in [2.24, 2.45) is 5.41 Å². The van der Waals surface area contributed by atoms with Crippen LogP contribution in [0, 0.1) is 16.7 Å². The van der Waals surface area contributed by atoms with Gasteiger partial charge in [-0.05, 0) is 18.8 Å². The summed E-state index contributed by atoms with van der Waals surface area (Å²) in [4.78, 5) is 0. The molecule has 0 N–H and O–H groups in total. The first kappa shape index (κ1) is 11.3. The van der Waals surface area contributed by atoms with Gasteiger partial charge >= 0.3 is 0 Å². The van der Waals surface area contributed by atoms with Gasteiger partial charge in [-0.25, -0.2) is 0 Å². The Morgan fingerprint density at radius 1 is 1.38 bits per heavy atom. The van der Waals surface area contributed by atoms with E-state index in [0.29, 0.717) is 10.5 Å². The third kappa shape index (κ3) is 2.35. The molecule has 0 aromatic carbocycles. The van der Waals surface area contributed by atoms with Crippen LogP contribution >= 0.6 is 23.5 Å². The van der Waals surface area contributed by atoms with Crippen molar-refractivity contribution >= 4 is 23.5 Å². The van der Waals surface area contributed by atoms with Crippen molar-refractivity contribution in [2.45, 2.75) is 37.7 Å². The predicted molar refractivity (Wildman–Crippen MR) is 61.9 cm³/mol. The summed E-state index contributed by atoms with van der Waals surface area (Å²) in [6.07, 6.45) is 1.70. The normalized spacial score (nSPS) is 21.4. The highest BCUT2D eigenvalue weighted by Gasteiger charge is 2.44. The maximum atomic E-state index is 8.59. The van der Waals surface area contributed by atoms with Gasteiger partial charge < -0.3 is 0 Å². The summed E-state index contributed by atoms with van der Waals surface area (Å²) in [5.74, 6) is 2.52. The van der Waals surface area contributed by atoms with Crippen molar-refractivity contribution in [2.75, 3.05) is 11.5 Å². The zero-order valence-electron chi connectivity index (χ0n) is 8.59. The van der Waals surface area contributed by atoms with E-state index in [-0.39, 0.29) is 5.41 Å². The van der Waals surface area contributed by atoms with Crippen molar-refractivity contribution < 1.29 is 0 Å². The summed E-state index contributed by atoms with van der Waals surface area (Å²) in [5.41, 5.74) is 0.272. The molecule has 1 fully saturated rings. The summed E-state index contributed by atoms with van der Waals surface area (Å²) >= 11 is 4.11. The van der Waals surface area contributed by atoms with Gasteiger partial charge in [0.1, 0.15) is 0 Å². The molecule has 13 heavy (non-hydrogen) atoms. The van der Waals surface area contributed by atoms with E-state index in [0.717, 1.165) is 6.42 Å². The molecule has 1 heterocycles. The number of thioether (sulfide) groups is 2. The van der Waals surface area contributed by atoms with Crippen LogP contribution < -0.4 is 0 Å². The molecule has 0 saturated carbocycles. The molecule has 1 aliphatic heterocycles. The Bertz CT molecular complexity index is 211. The van der Waals surface area contributed by atoms with E-state index in [9.17, 15) is 0 Å². The van der Waals surface area contributed by atoms with Crippen molar-refractivity contribution in [3.05, 3.63) is 0 Å². The number of nitrogens with zero attached hydrogens (tertiary/aromatic N) is 1. The van der Waals surface area contributed by atoms with Crippen molar-refractivity contribution in [1.29, 1.82) is 5.26 Å². The molecule has 1 rings (SSSR count). The van der Waals surface area contributed by atoms with E-state index in [1.807, 2.05) is 0 Å². The fourth-order valence-electron chi connectivity index (χ4n) is 1.50. The SMILES string of the molecule is CC(C)(CCC#N)C1(C)SCCS1. The Morgan fingerprint density at radius 3 is 2.38 bits per heavy atom. The Labute approximate surface area is 89.7 Å². The van der Waals surface area contributed by atoms with Crippen LogP contribution in [0.4, 0.5) is 0 Å². The van der Waals surface area contributed by atoms with E-state index in [4.69, 9.17) is 5.26 Å². The number of rotatable bonds is 3. The highest BCUT2D eigenvalue weighted by atomic mass is 32.2. The number of hydrogen-bond donors (Lipinski definition) is 0. The number of nitriles is 1. The lowest BCUT2D eigenvalue weighted by Gasteiger charge is -2.39. The maximum absolute atomic E-state index is 8.59. The average molecular weight is 215 g/mol. The second kappa shape index (κ2) is 4.14. The Hall–Kier alpha value is 0.190. The van der Waals surface area contributed by atoms with Gasteiger partial charge in [0.15, 0.2) is 0 Å². The van der Waals surface area contributed by atoms with E-state index >= 15 is 0 Å². The van der Waals surface area contributed by atoms with Crippen LogP contribution in [0.1, 0.15) is 33.6 Å². The van der Waals surface area contributed by atoms with Gasteiger partial charge in [-0.15, -0.1) is 23.5 Å². The highest BCUT2D eigenvalue weighted by Crippen LogP contribution is 2.56. The summed E-state index contributed by atoms with van der Waals surface area (Å²) in [7, 11) is 0. The van der Waals surface area contributed by atoms with E-state index in [2.05, 4.69) is 50.4 Å². The maximum Gasteiger partial charge on any atom is 0.0634 e. The first-order valence-corrected chi connectivity index (χ1v) is 6.64. The third-order valence-electron chi connectivity index (χ3n) is 2.93. The standard InChI is InChI=1S/C10H17NS2/c1-9(2,5-4-6-11)10(3)12-7-8-13-10/h4-5,7-8H2,1-3H3. The molecule has 0 aliphatic carbocycles. The van der Waals surface area contributed by atoms with Gasteiger partial charge in [0, 0.05) is 17.9 Å². The van der Waals surface area contributed by atoms with Crippen LogP contribution in [0.25, 0.3) is 0 Å². The predicted octanol–water partition coefficient (Wildman–Crippen LogP) is 3.51. The third-order valence-corrected chi connectivity index (χ3v) is 6.92. The molecular weight excluding hydrogens is 198 g/mol. The van der Waals surface area contributed by atoms with Crippen LogP contribution in [0.15, 0.2) is 0 Å². The quantitative estimate of drug-likeness (QED) is 0.720. The molecule has 1 nitrogen and oxygen atoms in total. The van der Waals surface area contributed by atoms with Crippen LogP contribution in [0.5, 0.6) is 0 Å². The monoisotopic (exact) mass is 215 g/mol. The van der Waals surface area contributed by atoms with Gasteiger partial charge in [0.05, 0.1) is 10.1 Å². The van der Waals surface area contributed by atoms with Crippen LogP contribution in [0.2, 0.25) is 0 Å². The van der Waals surface area contributed by atoms with Gasteiger partial charge in [-0.2, -0.15) is 5.26 Å². The molecule has 0 aromatic rings. The second-order valence-electron chi connectivity index (χ2n) is 4.18. The molecule has 0 radical (unpaired) electrons. The van der Waals surface area contributed by atoms with Gasteiger partial charge in [-0.1, -0.05) is 13.8 Å². The fourth-order valence-corrected chi connectivity index (χ4v) is 4.77. The molecule has 1 aliphatic rings. The smallest absolute Gasteiger partial charge is 0.0634 e. The minimum absolute atomic E-state index is 0.272. The first-order chi connectivity index (χ1) is 6.02. The summed E-state index contributed by atoms with van der Waals surface area (Å²) < 4.78 is 0.323. The summed E-state index contributed by atoms with van der Waals surface area (Å²) in [5, 5.41) is 8.59.